The standard InChI is InChI=1S/C11H14N2O4/c1-17-8-4-2-7(3-5-8)6-9(10(12)14)13-11(15)16/h2-5,9,13H,6H2,1H3,(H2,12,14)(H,15,16). The van der Waals surface area contributed by atoms with Gasteiger partial charge < -0.3 is 20.9 Å². The van der Waals surface area contributed by atoms with Gasteiger partial charge in [-0.2, -0.15) is 0 Å². The van der Waals surface area contributed by atoms with Gasteiger partial charge in [-0.05, 0) is 17.7 Å². The summed E-state index contributed by atoms with van der Waals surface area (Å²) in [5, 5.41) is 10.6. The van der Waals surface area contributed by atoms with Crippen LogP contribution in [-0.2, 0) is 11.2 Å². The maximum atomic E-state index is 11.0. The molecular formula is C11H14N2O4. The van der Waals surface area contributed by atoms with Crippen LogP contribution in [0.4, 0.5) is 4.79 Å². The second kappa shape index (κ2) is 5.74. The van der Waals surface area contributed by atoms with Crippen LogP contribution in [0.15, 0.2) is 24.3 Å². The summed E-state index contributed by atoms with van der Waals surface area (Å²) in [6, 6.07) is 6.03. The van der Waals surface area contributed by atoms with E-state index < -0.39 is 18.0 Å². The first kappa shape index (κ1) is 12.8. The molecule has 0 radical (unpaired) electrons. The van der Waals surface area contributed by atoms with Crippen LogP contribution >= 0.6 is 0 Å². The number of primary amides is 1. The Balaban J connectivity index is 2.71. The lowest BCUT2D eigenvalue weighted by molar-refractivity contribution is -0.119. The number of rotatable bonds is 5. The second-order valence-electron chi connectivity index (χ2n) is 3.46. The number of hydrogen-bond acceptors (Lipinski definition) is 3. The van der Waals surface area contributed by atoms with Crippen molar-refractivity contribution >= 4 is 12.0 Å². The number of nitrogens with one attached hydrogen (secondary N) is 1. The SMILES string of the molecule is COc1ccc(CC(NC(=O)O)C(N)=O)cc1. The molecule has 6 nitrogen and oxygen atoms in total. The average molecular weight is 238 g/mol. The highest BCUT2D eigenvalue weighted by Crippen LogP contribution is 2.12. The molecule has 1 aromatic carbocycles. The van der Waals surface area contributed by atoms with E-state index >= 15 is 0 Å². The molecular weight excluding hydrogens is 224 g/mol. The summed E-state index contributed by atoms with van der Waals surface area (Å²) in [6.45, 7) is 0. The summed E-state index contributed by atoms with van der Waals surface area (Å²) in [5.41, 5.74) is 5.89. The third-order valence-electron chi connectivity index (χ3n) is 2.24. The number of ether oxygens (including phenoxy) is 1. The Morgan fingerprint density at radius 2 is 2.00 bits per heavy atom. The zero-order valence-electron chi connectivity index (χ0n) is 9.34. The normalized spacial score (nSPS) is 11.6. The van der Waals surface area contributed by atoms with E-state index in [1.807, 2.05) is 0 Å². The molecule has 1 unspecified atom stereocenters. The summed E-state index contributed by atoms with van der Waals surface area (Å²) in [4.78, 5) is 21.5. The molecule has 0 aliphatic carbocycles. The molecule has 0 spiro atoms. The number of nitrogens with two attached hydrogens (primary N) is 1. The Morgan fingerprint density at radius 1 is 1.41 bits per heavy atom. The topological polar surface area (TPSA) is 102 Å². The van der Waals surface area contributed by atoms with Crippen molar-refractivity contribution in [2.45, 2.75) is 12.5 Å². The predicted molar refractivity (Wildman–Crippen MR) is 60.8 cm³/mol. The summed E-state index contributed by atoms with van der Waals surface area (Å²) < 4.78 is 4.98. The van der Waals surface area contributed by atoms with Gasteiger partial charge in [0.05, 0.1) is 7.11 Å². The van der Waals surface area contributed by atoms with Gasteiger partial charge in [-0.25, -0.2) is 4.79 Å². The fraction of sp³-hybridized carbons (Fsp3) is 0.273. The van der Waals surface area contributed by atoms with Crippen molar-refractivity contribution in [1.29, 1.82) is 0 Å². The van der Waals surface area contributed by atoms with Crippen molar-refractivity contribution in [2.24, 2.45) is 5.73 Å². The lowest BCUT2D eigenvalue weighted by atomic mass is 10.1. The smallest absolute Gasteiger partial charge is 0.405 e. The van der Waals surface area contributed by atoms with E-state index in [0.717, 1.165) is 5.56 Å². The lowest BCUT2D eigenvalue weighted by Crippen LogP contribution is -2.45. The Labute approximate surface area is 98.4 Å². The Kier molecular flexibility index (Phi) is 4.33. The van der Waals surface area contributed by atoms with Crippen molar-refractivity contribution in [1.82, 2.24) is 5.32 Å². The summed E-state index contributed by atoms with van der Waals surface area (Å²) in [6.07, 6.45) is -1.06. The molecule has 0 aliphatic rings. The van der Waals surface area contributed by atoms with Crippen molar-refractivity contribution in [3.8, 4) is 5.75 Å². The molecule has 0 saturated carbocycles. The van der Waals surface area contributed by atoms with E-state index in [2.05, 4.69) is 5.32 Å². The summed E-state index contributed by atoms with van der Waals surface area (Å²) >= 11 is 0. The van der Waals surface area contributed by atoms with E-state index in [0.29, 0.717) is 5.75 Å². The molecule has 0 heterocycles. The van der Waals surface area contributed by atoms with Gasteiger partial charge in [0.15, 0.2) is 0 Å². The first-order valence-corrected chi connectivity index (χ1v) is 4.94. The van der Waals surface area contributed by atoms with Gasteiger partial charge in [0.1, 0.15) is 11.8 Å². The number of carbonyl (C=O) groups excluding carboxylic acids is 1. The van der Waals surface area contributed by atoms with E-state index in [9.17, 15) is 9.59 Å². The van der Waals surface area contributed by atoms with Crippen LogP contribution in [0.25, 0.3) is 0 Å². The van der Waals surface area contributed by atoms with Gasteiger partial charge in [-0.1, -0.05) is 12.1 Å². The van der Waals surface area contributed by atoms with Gasteiger partial charge in [-0.15, -0.1) is 0 Å². The fourth-order valence-electron chi connectivity index (χ4n) is 1.37. The van der Waals surface area contributed by atoms with Crippen molar-refractivity contribution < 1.29 is 19.4 Å². The van der Waals surface area contributed by atoms with E-state index in [-0.39, 0.29) is 6.42 Å². The minimum Gasteiger partial charge on any atom is -0.497 e. The zero-order valence-corrected chi connectivity index (χ0v) is 9.34. The molecule has 2 amide bonds. The zero-order chi connectivity index (χ0) is 12.8. The van der Waals surface area contributed by atoms with Gasteiger partial charge in [0, 0.05) is 6.42 Å². The number of amides is 2. The number of methoxy groups -OCH3 is 1. The van der Waals surface area contributed by atoms with Crippen molar-refractivity contribution in [3.63, 3.8) is 0 Å². The van der Waals surface area contributed by atoms with Crippen LogP contribution < -0.4 is 15.8 Å². The van der Waals surface area contributed by atoms with Crippen molar-refractivity contribution in [3.05, 3.63) is 29.8 Å². The van der Waals surface area contributed by atoms with Crippen LogP contribution in [0.3, 0.4) is 0 Å². The van der Waals surface area contributed by atoms with Gasteiger partial charge in [-0.3, -0.25) is 4.79 Å². The number of carbonyl (C=O) groups is 2. The third-order valence-corrected chi connectivity index (χ3v) is 2.24. The molecule has 92 valence electrons. The van der Waals surface area contributed by atoms with Gasteiger partial charge in [0.2, 0.25) is 5.91 Å². The Bertz CT molecular complexity index is 402. The Morgan fingerprint density at radius 3 is 2.41 bits per heavy atom. The molecule has 1 aromatic rings. The molecule has 1 rings (SSSR count). The van der Waals surface area contributed by atoms with Crippen LogP contribution in [0.5, 0.6) is 5.75 Å². The molecule has 6 heteroatoms. The maximum absolute atomic E-state index is 11.0. The minimum atomic E-state index is -1.28. The minimum absolute atomic E-state index is 0.214. The van der Waals surface area contributed by atoms with Crippen LogP contribution in [-0.4, -0.2) is 30.3 Å². The van der Waals surface area contributed by atoms with Crippen LogP contribution in [0, 0.1) is 0 Å². The number of hydrogen-bond donors (Lipinski definition) is 3. The first-order valence-electron chi connectivity index (χ1n) is 4.94. The quantitative estimate of drug-likeness (QED) is 0.689. The maximum Gasteiger partial charge on any atom is 0.405 e. The molecule has 1 atom stereocenters. The molecule has 0 saturated heterocycles. The molecule has 0 fully saturated rings. The highest BCUT2D eigenvalue weighted by Gasteiger charge is 2.17. The highest BCUT2D eigenvalue weighted by molar-refractivity contribution is 5.84. The Hall–Kier alpha value is -2.24. The molecule has 0 aromatic heterocycles. The number of carboxylic acid groups (broad SMARTS) is 1. The lowest BCUT2D eigenvalue weighted by Gasteiger charge is -2.13. The highest BCUT2D eigenvalue weighted by atomic mass is 16.5. The molecule has 0 aliphatic heterocycles. The van der Waals surface area contributed by atoms with Crippen LogP contribution in [0.1, 0.15) is 5.56 Å². The molecule has 17 heavy (non-hydrogen) atoms. The molecule has 0 bridgehead atoms. The monoisotopic (exact) mass is 238 g/mol. The van der Waals surface area contributed by atoms with E-state index in [1.54, 1.807) is 31.4 Å². The van der Waals surface area contributed by atoms with E-state index in [1.165, 1.54) is 0 Å². The third kappa shape index (κ3) is 4.02. The van der Waals surface area contributed by atoms with Crippen molar-refractivity contribution in [2.75, 3.05) is 7.11 Å². The first-order chi connectivity index (χ1) is 8.02. The van der Waals surface area contributed by atoms with Crippen LogP contribution in [0.2, 0.25) is 0 Å². The van der Waals surface area contributed by atoms with Gasteiger partial charge >= 0.3 is 6.09 Å². The second-order valence-corrected chi connectivity index (χ2v) is 3.46. The van der Waals surface area contributed by atoms with Gasteiger partial charge in [0.25, 0.3) is 0 Å². The predicted octanol–water partition coefficient (Wildman–Crippen LogP) is 0.359. The largest absolute Gasteiger partial charge is 0.497 e. The molecule has 4 N–H and O–H groups in total. The van der Waals surface area contributed by atoms with E-state index in [4.69, 9.17) is 15.6 Å². The fourth-order valence-corrected chi connectivity index (χ4v) is 1.37. The summed E-state index contributed by atoms with van der Waals surface area (Å²) in [5.74, 6) is -0.0150. The summed E-state index contributed by atoms with van der Waals surface area (Å²) in [7, 11) is 1.55. The average Bonchev–Trinajstić information content (AvgIpc) is 2.28. The number of benzene rings is 1.